The third kappa shape index (κ3) is 3.02. The highest BCUT2D eigenvalue weighted by atomic mass is 32.1. The van der Waals surface area contributed by atoms with Crippen LogP contribution in [-0.2, 0) is 9.53 Å². The Balaban J connectivity index is 2.42. The highest BCUT2D eigenvalue weighted by molar-refractivity contribution is 7.13. The van der Waals surface area contributed by atoms with Gasteiger partial charge in [-0.15, -0.1) is 11.3 Å². The molecule has 0 amide bonds. The third-order valence-electron chi connectivity index (χ3n) is 1.47. The number of carbonyl (C=O) groups excluding carboxylic acids is 1. The molecule has 0 bridgehead atoms. The summed E-state index contributed by atoms with van der Waals surface area (Å²) in [6.45, 7) is 2.50. The fourth-order valence-electron chi connectivity index (χ4n) is 0.876. The Bertz CT molecular complexity index is 261. The van der Waals surface area contributed by atoms with Crippen LogP contribution < -0.4 is 4.90 Å². The average molecular weight is 200 g/mol. The van der Waals surface area contributed by atoms with Crippen LogP contribution in [0.1, 0.15) is 6.92 Å². The monoisotopic (exact) mass is 200 g/mol. The zero-order valence-electron chi connectivity index (χ0n) is 7.69. The molecule has 0 aliphatic rings. The van der Waals surface area contributed by atoms with Crippen LogP contribution in [0.15, 0.2) is 11.7 Å². The Hall–Kier alpha value is -1.10. The Kier molecular flexibility index (Phi) is 3.70. The Morgan fingerprint density at radius 3 is 3.08 bits per heavy atom. The number of anilines is 1. The summed E-state index contributed by atoms with van der Waals surface area (Å²) in [6, 6.07) is 0. The first-order chi connectivity index (χ1) is 6.24. The summed E-state index contributed by atoms with van der Waals surface area (Å²) in [6.07, 6.45) is 1.73. The van der Waals surface area contributed by atoms with Crippen LogP contribution in [0.3, 0.4) is 0 Å². The normalized spacial score (nSPS) is 9.69. The molecule has 0 saturated carbocycles. The molecule has 0 fully saturated rings. The van der Waals surface area contributed by atoms with E-state index in [2.05, 4.69) is 4.98 Å². The SMILES string of the molecule is CCOC(=O)CN(C)c1cncs1. The van der Waals surface area contributed by atoms with Crippen molar-refractivity contribution in [1.29, 1.82) is 0 Å². The molecule has 72 valence electrons. The Labute approximate surface area is 81.2 Å². The standard InChI is InChI=1S/C8H12N2O2S/c1-3-12-8(11)5-10(2)7-4-9-6-13-7/h4,6H,3,5H2,1-2H3. The molecule has 0 saturated heterocycles. The van der Waals surface area contributed by atoms with Crippen molar-refractivity contribution in [2.24, 2.45) is 0 Å². The molecule has 4 nitrogen and oxygen atoms in total. The van der Waals surface area contributed by atoms with Crippen molar-refractivity contribution in [3.05, 3.63) is 11.7 Å². The van der Waals surface area contributed by atoms with Crippen LogP contribution in [0.5, 0.6) is 0 Å². The minimum atomic E-state index is -0.210. The largest absolute Gasteiger partial charge is 0.465 e. The van der Waals surface area contributed by atoms with Gasteiger partial charge in [-0.05, 0) is 6.92 Å². The first kappa shape index (κ1) is 9.98. The molecular formula is C8H12N2O2S. The lowest BCUT2D eigenvalue weighted by Crippen LogP contribution is -2.26. The van der Waals surface area contributed by atoms with Crippen molar-refractivity contribution in [2.75, 3.05) is 25.1 Å². The van der Waals surface area contributed by atoms with E-state index < -0.39 is 0 Å². The molecule has 0 aliphatic heterocycles. The zero-order chi connectivity index (χ0) is 9.68. The molecule has 1 aromatic rings. The molecule has 1 heterocycles. The molecule has 1 aromatic heterocycles. The molecular weight excluding hydrogens is 188 g/mol. The topological polar surface area (TPSA) is 42.4 Å². The number of esters is 1. The van der Waals surface area contributed by atoms with E-state index in [1.807, 2.05) is 11.9 Å². The van der Waals surface area contributed by atoms with Crippen molar-refractivity contribution in [1.82, 2.24) is 4.98 Å². The number of hydrogen-bond donors (Lipinski definition) is 0. The number of nitrogens with zero attached hydrogens (tertiary/aromatic N) is 2. The van der Waals surface area contributed by atoms with Gasteiger partial charge in [-0.1, -0.05) is 0 Å². The van der Waals surface area contributed by atoms with E-state index in [-0.39, 0.29) is 12.5 Å². The predicted octanol–water partition coefficient (Wildman–Crippen LogP) is 1.14. The number of carbonyl (C=O) groups is 1. The Morgan fingerprint density at radius 1 is 1.77 bits per heavy atom. The van der Waals surface area contributed by atoms with Gasteiger partial charge in [-0.2, -0.15) is 0 Å². The average Bonchev–Trinajstić information content (AvgIpc) is 2.55. The second-order valence-corrected chi connectivity index (χ2v) is 3.37. The van der Waals surface area contributed by atoms with Gasteiger partial charge in [-0.3, -0.25) is 9.78 Å². The number of likely N-dealkylation sites (N-methyl/N-ethyl adjacent to an activating group) is 1. The van der Waals surface area contributed by atoms with Crippen molar-refractivity contribution >= 4 is 22.3 Å². The van der Waals surface area contributed by atoms with Gasteiger partial charge in [0.2, 0.25) is 0 Å². The van der Waals surface area contributed by atoms with Crippen molar-refractivity contribution in [2.45, 2.75) is 6.92 Å². The fraction of sp³-hybridized carbons (Fsp3) is 0.500. The zero-order valence-corrected chi connectivity index (χ0v) is 8.50. The minimum Gasteiger partial charge on any atom is -0.465 e. The number of hydrogen-bond acceptors (Lipinski definition) is 5. The molecule has 0 unspecified atom stereocenters. The summed E-state index contributed by atoms with van der Waals surface area (Å²) in [5.74, 6) is -0.210. The summed E-state index contributed by atoms with van der Waals surface area (Å²) in [4.78, 5) is 16.8. The van der Waals surface area contributed by atoms with Gasteiger partial charge in [0.25, 0.3) is 0 Å². The number of aromatic nitrogens is 1. The number of thiazole rings is 1. The van der Waals surface area contributed by atoms with Gasteiger partial charge < -0.3 is 9.64 Å². The highest BCUT2D eigenvalue weighted by Gasteiger charge is 2.08. The van der Waals surface area contributed by atoms with Crippen molar-refractivity contribution in [3.8, 4) is 0 Å². The van der Waals surface area contributed by atoms with Gasteiger partial charge in [0.1, 0.15) is 11.5 Å². The maximum absolute atomic E-state index is 11.1. The maximum Gasteiger partial charge on any atom is 0.325 e. The van der Waals surface area contributed by atoms with E-state index in [1.165, 1.54) is 11.3 Å². The van der Waals surface area contributed by atoms with E-state index in [1.54, 1.807) is 18.6 Å². The fourth-order valence-corrected chi connectivity index (χ4v) is 1.47. The molecule has 1 rings (SSSR count). The maximum atomic E-state index is 11.1. The molecule has 0 atom stereocenters. The summed E-state index contributed by atoms with van der Waals surface area (Å²) < 4.78 is 4.81. The smallest absolute Gasteiger partial charge is 0.325 e. The molecule has 0 aromatic carbocycles. The number of ether oxygens (including phenoxy) is 1. The van der Waals surface area contributed by atoms with E-state index in [0.717, 1.165) is 5.00 Å². The highest BCUT2D eigenvalue weighted by Crippen LogP contribution is 2.16. The molecule has 0 N–H and O–H groups in total. The molecule has 5 heteroatoms. The molecule has 13 heavy (non-hydrogen) atoms. The predicted molar refractivity (Wildman–Crippen MR) is 52.0 cm³/mol. The quantitative estimate of drug-likeness (QED) is 0.684. The number of rotatable bonds is 4. The second-order valence-electron chi connectivity index (χ2n) is 2.50. The summed E-state index contributed by atoms with van der Waals surface area (Å²) in [7, 11) is 1.84. The molecule has 0 spiro atoms. The van der Waals surface area contributed by atoms with Crippen LogP contribution >= 0.6 is 11.3 Å². The van der Waals surface area contributed by atoms with Crippen LogP contribution in [0, 0.1) is 0 Å². The lowest BCUT2D eigenvalue weighted by Gasteiger charge is -2.14. The minimum absolute atomic E-state index is 0.210. The van der Waals surface area contributed by atoms with Crippen molar-refractivity contribution < 1.29 is 9.53 Å². The molecule has 0 aliphatic carbocycles. The van der Waals surface area contributed by atoms with Gasteiger partial charge in [0, 0.05) is 7.05 Å². The summed E-state index contributed by atoms with van der Waals surface area (Å²) in [5.41, 5.74) is 1.73. The van der Waals surface area contributed by atoms with Gasteiger partial charge >= 0.3 is 5.97 Å². The second kappa shape index (κ2) is 4.81. The lowest BCUT2D eigenvalue weighted by atomic mass is 10.5. The van der Waals surface area contributed by atoms with E-state index in [4.69, 9.17) is 4.74 Å². The first-order valence-corrected chi connectivity index (χ1v) is 4.87. The van der Waals surface area contributed by atoms with E-state index in [0.29, 0.717) is 6.61 Å². The van der Waals surface area contributed by atoms with Crippen LogP contribution in [0.2, 0.25) is 0 Å². The van der Waals surface area contributed by atoms with Gasteiger partial charge in [-0.25, -0.2) is 0 Å². The Morgan fingerprint density at radius 2 is 2.54 bits per heavy atom. The summed E-state index contributed by atoms with van der Waals surface area (Å²) in [5, 5.41) is 0.966. The summed E-state index contributed by atoms with van der Waals surface area (Å²) >= 11 is 1.50. The van der Waals surface area contributed by atoms with Crippen molar-refractivity contribution in [3.63, 3.8) is 0 Å². The van der Waals surface area contributed by atoms with Gasteiger partial charge in [0.15, 0.2) is 0 Å². The first-order valence-electron chi connectivity index (χ1n) is 3.99. The molecule has 0 radical (unpaired) electrons. The van der Waals surface area contributed by atoms with E-state index in [9.17, 15) is 4.79 Å². The van der Waals surface area contributed by atoms with Crippen LogP contribution in [0.4, 0.5) is 5.00 Å². The third-order valence-corrected chi connectivity index (χ3v) is 2.35. The lowest BCUT2D eigenvalue weighted by molar-refractivity contribution is -0.141. The van der Waals surface area contributed by atoms with Crippen LogP contribution in [-0.4, -0.2) is 31.2 Å². The van der Waals surface area contributed by atoms with E-state index >= 15 is 0 Å². The van der Waals surface area contributed by atoms with Gasteiger partial charge in [0.05, 0.1) is 18.3 Å². The van der Waals surface area contributed by atoms with Crippen LogP contribution in [0.25, 0.3) is 0 Å².